The summed E-state index contributed by atoms with van der Waals surface area (Å²) in [5.41, 5.74) is 1.95. The van der Waals surface area contributed by atoms with Crippen molar-refractivity contribution < 1.29 is 14.0 Å². The molecule has 30 heavy (non-hydrogen) atoms. The molecule has 0 saturated heterocycles. The molecular formula is C21H25FIN5O2. The number of nitrogens with zero attached hydrogens (tertiary/aromatic N) is 1. The molecule has 1 aliphatic heterocycles. The van der Waals surface area contributed by atoms with Gasteiger partial charge in [0.25, 0.3) is 5.91 Å². The first-order valence-corrected chi connectivity index (χ1v) is 9.44. The van der Waals surface area contributed by atoms with E-state index in [0.717, 1.165) is 11.3 Å². The topological polar surface area (TPSA) is 94.6 Å². The Kier molecular flexibility index (Phi) is 9.03. The lowest BCUT2D eigenvalue weighted by molar-refractivity contribution is -0.116. The molecule has 0 spiro atoms. The highest BCUT2D eigenvalue weighted by atomic mass is 127. The molecular weight excluding hydrogens is 500 g/mol. The Morgan fingerprint density at radius 3 is 2.57 bits per heavy atom. The number of amides is 2. The maximum Gasteiger partial charge on any atom is 0.254 e. The lowest BCUT2D eigenvalue weighted by Gasteiger charge is -2.26. The van der Waals surface area contributed by atoms with Crippen LogP contribution in [0.2, 0.25) is 0 Å². The van der Waals surface area contributed by atoms with Crippen LogP contribution in [-0.2, 0) is 4.79 Å². The summed E-state index contributed by atoms with van der Waals surface area (Å²) in [6.45, 7) is 1.27. The van der Waals surface area contributed by atoms with Gasteiger partial charge in [-0.25, -0.2) is 4.39 Å². The van der Waals surface area contributed by atoms with Gasteiger partial charge in [-0.3, -0.25) is 14.6 Å². The van der Waals surface area contributed by atoms with E-state index in [1.165, 1.54) is 18.2 Å². The van der Waals surface area contributed by atoms with E-state index in [9.17, 15) is 14.0 Å². The van der Waals surface area contributed by atoms with E-state index in [2.05, 4.69) is 26.3 Å². The van der Waals surface area contributed by atoms with Crippen LogP contribution in [0.1, 0.15) is 28.3 Å². The lowest BCUT2D eigenvalue weighted by atomic mass is 9.90. The predicted molar refractivity (Wildman–Crippen MR) is 126 cm³/mol. The number of hydrogen-bond acceptors (Lipinski definition) is 3. The molecule has 9 heteroatoms. The Morgan fingerprint density at radius 2 is 1.80 bits per heavy atom. The van der Waals surface area contributed by atoms with Gasteiger partial charge in [0.2, 0.25) is 5.91 Å². The second kappa shape index (κ2) is 11.5. The predicted octanol–water partition coefficient (Wildman–Crippen LogP) is 2.46. The van der Waals surface area contributed by atoms with Crippen LogP contribution < -0.4 is 21.3 Å². The number of fused-ring (bicyclic) bond motifs is 1. The maximum absolute atomic E-state index is 13.6. The van der Waals surface area contributed by atoms with Crippen LogP contribution in [0.25, 0.3) is 0 Å². The number of aliphatic imine (C=N–C) groups is 1. The number of rotatable bonds is 6. The molecule has 2 amide bonds. The fraction of sp³-hybridized carbons (Fsp3) is 0.286. The van der Waals surface area contributed by atoms with Gasteiger partial charge in [-0.1, -0.05) is 30.3 Å². The van der Waals surface area contributed by atoms with Gasteiger partial charge < -0.3 is 21.3 Å². The van der Waals surface area contributed by atoms with Crippen LogP contribution in [0.15, 0.2) is 53.5 Å². The number of carbonyl (C=O) groups excluding carboxylic acids is 2. The monoisotopic (exact) mass is 525 g/mol. The van der Waals surface area contributed by atoms with Gasteiger partial charge in [-0.2, -0.15) is 0 Å². The van der Waals surface area contributed by atoms with Gasteiger partial charge in [0.15, 0.2) is 5.96 Å². The molecule has 0 fully saturated rings. The van der Waals surface area contributed by atoms with Gasteiger partial charge in [0.1, 0.15) is 5.82 Å². The summed E-state index contributed by atoms with van der Waals surface area (Å²) in [4.78, 5) is 28.1. The molecule has 1 atom stereocenters. The van der Waals surface area contributed by atoms with Crippen LogP contribution in [0.3, 0.4) is 0 Å². The highest BCUT2D eigenvalue weighted by Gasteiger charge is 2.24. The normalized spacial score (nSPS) is 15.3. The third kappa shape index (κ3) is 6.15. The molecule has 0 aliphatic carbocycles. The van der Waals surface area contributed by atoms with Crippen molar-refractivity contribution in [3.05, 3.63) is 65.5 Å². The van der Waals surface area contributed by atoms with E-state index in [-0.39, 0.29) is 41.4 Å². The average Bonchev–Trinajstić information content (AvgIpc) is 2.73. The van der Waals surface area contributed by atoms with E-state index in [0.29, 0.717) is 32.0 Å². The van der Waals surface area contributed by atoms with Crippen LogP contribution >= 0.6 is 24.0 Å². The van der Waals surface area contributed by atoms with Crippen LogP contribution in [0, 0.1) is 5.82 Å². The Morgan fingerprint density at radius 1 is 1.10 bits per heavy atom. The minimum absolute atomic E-state index is 0. The molecule has 0 saturated carbocycles. The summed E-state index contributed by atoms with van der Waals surface area (Å²) in [7, 11) is 1.65. The van der Waals surface area contributed by atoms with Crippen molar-refractivity contribution in [1.29, 1.82) is 0 Å². The zero-order chi connectivity index (χ0) is 20.6. The summed E-state index contributed by atoms with van der Waals surface area (Å²) < 4.78 is 13.6. The Bertz CT molecular complexity index is 922. The van der Waals surface area contributed by atoms with Gasteiger partial charge >= 0.3 is 0 Å². The summed E-state index contributed by atoms with van der Waals surface area (Å²) in [6.07, 6.45) is 0.402. The number of para-hydroxylation sites is 1. The van der Waals surface area contributed by atoms with Gasteiger partial charge in [0, 0.05) is 44.7 Å². The molecule has 0 radical (unpaired) electrons. The Labute approximate surface area is 191 Å². The molecule has 1 unspecified atom stereocenters. The van der Waals surface area contributed by atoms with Crippen LogP contribution in [0.5, 0.6) is 0 Å². The van der Waals surface area contributed by atoms with Crippen molar-refractivity contribution in [2.45, 2.75) is 12.3 Å². The maximum atomic E-state index is 13.6. The van der Waals surface area contributed by atoms with E-state index in [1.807, 2.05) is 24.3 Å². The fourth-order valence-electron chi connectivity index (χ4n) is 3.22. The number of benzene rings is 2. The zero-order valence-electron chi connectivity index (χ0n) is 16.6. The Balaban J connectivity index is 0.00000320. The standard InChI is InChI=1S/C21H24FN5O2.HI/c1-23-21(25-11-10-24-20(29)16-7-2-4-8-17(16)22)26-13-14-12-19(28)27-18-9-5-3-6-15(14)18;/h2-9,14H,10-13H2,1H3,(H,24,29)(H,27,28)(H2,23,25,26);1H. The fourth-order valence-corrected chi connectivity index (χ4v) is 3.22. The SMILES string of the molecule is CN=C(NCCNC(=O)c1ccccc1F)NCC1CC(=O)Nc2ccccc21.I. The quantitative estimate of drug-likeness (QED) is 0.202. The first-order valence-electron chi connectivity index (χ1n) is 9.44. The van der Waals surface area contributed by atoms with E-state index >= 15 is 0 Å². The molecule has 2 aromatic carbocycles. The number of nitrogens with one attached hydrogen (secondary N) is 4. The van der Waals surface area contributed by atoms with Crippen molar-refractivity contribution in [1.82, 2.24) is 16.0 Å². The van der Waals surface area contributed by atoms with E-state index < -0.39 is 11.7 Å². The Hall–Kier alpha value is -2.69. The molecule has 160 valence electrons. The number of halogens is 2. The smallest absolute Gasteiger partial charge is 0.254 e. The minimum atomic E-state index is -0.549. The molecule has 4 N–H and O–H groups in total. The highest BCUT2D eigenvalue weighted by molar-refractivity contribution is 14.0. The molecule has 1 heterocycles. The number of carbonyl (C=O) groups is 2. The van der Waals surface area contributed by atoms with Crippen molar-refractivity contribution in [3.63, 3.8) is 0 Å². The summed E-state index contributed by atoms with van der Waals surface area (Å²) in [6, 6.07) is 13.6. The second-order valence-corrected chi connectivity index (χ2v) is 6.65. The first-order chi connectivity index (χ1) is 14.1. The summed E-state index contributed by atoms with van der Waals surface area (Å²) in [5.74, 6) is -0.410. The minimum Gasteiger partial charge on any atom is -0.356 e. The van der Waals surface area contributed by atoms with Gasteiger partial charge in [-0.15, -0.1) is 24.0 Å². The van der Waals surface area contributed by atoms with E-state index in [4.69, 9.17) is 0 Å². The second-order valence-electron chi connectivity index (χ2n) is 6.65. The molecule has 2 aromatic rings. The van der Waals surface area contributed by atoms with Crippen molar-refractivity contribution in [2.75, 3.05) is 32.0 Å². The molecule has 1 aliphatic rings. The van der Waals surface area contributed by atoms with E-state index in [1.54, 1.807) is 13.1 Å². The summed E-state index contributed by atoms with van der Waals surface area (Å²) in [5, 5.41) is 11.9. The van der Waals surface area contributed by atoms with Crippen molar-refractivity contribution in [3.8, 4) is 0 Å². The van der Waals surface area contributed by atoms with Gasteiger partial charge in [-0.05, 0) is 23.8 Å². The summed E-state index contributed by atoms with van der Waals surface area (Å²) >= 11 is 0. The third-order valence-corrected chi connectivity index (χ3v) is 4.67. The number of guanidine groups is 1. The third-order valence-electron chi connectivity index (χ3n) is 4.67. The number of hydrogen-bond donors (Lipinski definition) is 4. The molecule has 0 aromatic heterocycles. The van der Waals surface area contributed by atoms with Crippen molar-refractivity contribution >= 4 is 47.4 Å². The highest BCUT2D eigenvalue weighted by Crippen LogP contribution is 2.31. The first kappa shape index (κ1) is 23.6. The molecule has 3 rings (SSSR count). The number of anilines is 1. The molecule has 0 bridgehead atoms. The average molecular weight is 525 g/mol. The molecule has 7 nitrogen and oxygen atoms in total. The lowest BCUT2D eigenvalue weighted by Crippen LogP contribution is -2.43. The largest absolute Gasteiger partial charge is 0.356 e. The van der Waals surface area contributed by atoms with Crippen molar-refractivity contribution in [2.24, 2.45) is 4.99 Å². The zero-order valence-corrected chi connectivity index (χ0v) is 18.9. The van der Waals surface area contributed by atoms with Gasteiger partial charge in [0.05, 0.1) is 5.56 Å². The van der Waals surface area contributed by atoms with Crippen LogP contribution in [0.4, 0.5) is 10.1 Å². The van der Waals surface area contributed by atoms with Crippen LogP contribution in [-0.4, -0.2) is 44.5 Å².